The van der Waals surface area contributed by atoms with Crippen LogP contribution in [0.1, 0.15) is 30.5 Å². The number of carbonyl (C=O) groups excluding carboxylic acids is 1. The van der Waals surface area contributed by atoms with E-state index in [2.05, 4.69) is 5.10 Å². The molecule has 0 saturated heterocycles. The third kappa shape index (κ3) is 2.69. The topological polar surface area (TPSA) is 77.2 Å². The number of nitrogen functional groups attached to an aromatic ring is 1. The van der Waals surface area contributed by atoms with Crippen molar-refractivity contribution in [2.45, 2.75) is 26.3 Å². The summed E-state index contributed by atoms with van der Waals surface area (Å²) in [5.74, 6) is 1.35. The van der Waals surface area contributed by atoms with E-state index in [1.807, 2.05) is 43.3 Å². The van der Waals surface area contributed by atoms with Gasteiger partial charge in [-0.3, -0.25) is 4.79 Å². The highest BCUT2D eigenvalue weighted by molar-refractivity contribution is 6.14. The van der Waals surface area contributed by atoms with E-state index in [4.69, 9.17) is 15.2 Å². The number of hydrogen-bond donors (Lipinski definition) is 1. The van der Waals surface area contributed by atoms with Crippen molar-refractivity contribution >= 4 is 17.3 Å². The minimum absolute atomic E-state index is 0.0529. The van der Waals surface area contributed by atoms with Crippen LogP contribution in [0.4, 0.5) is 5.69 Å². The zero-order chi connectivity index (χ0) is 17.6. The zero-order valence-electron chi connectivity index (χ0n) is 14.2. The molecule has 1 amide bonds. The molecule has 2 aromatic rings. The Kier molecular flexibility index (Phi) is 3.60. The Labute approximate surface area is 145 Å². The lowest BCUT2D eigenvalue weighted by molar-refractivity contribution is -0.130. The third-order valence-corrected chi connectivity index (χ3v) is 4.50. The maximum absolute atomic E-state index is 12.1. The van der Waals surface area contributed by atoms with E-state index in [0.717, 1.165) is 28.2 Å². The Bertz CT molecular complexity index is 874. The minimum atomic E-state index is -0.0895. The van der Waals surface area contributed by atoms with Crippen LogP contribution in [0, 0.1) is 0 Å². The first-order valence-corrected chi connectivity index (χ1v) is 8.20. The van der Waals surface area contributed by atoms with Gasteiger partial charge in [-0.25, -0.2) is 5.01 Å². The average Bonchev–Trinajstić information content (AvgIpc) is 2.97. The molecule has 0 unspecified atom stereocenters. The molecule has 2 aliphatic rings. The largest absolute Gasteiger partial charge is 0.454 e. The van der Waals surface area contributed by atoms with Gasteiger partial charge < -0.3 is 15.2 Å². The van der Waals surface area contributed by atoms with Crippen molar-refractivity contribution in [2.24, 2.45) is 5.10 Å². The average molecular weight is 337 g/mol. The summed E-state index contributed by atoms with van der Waals surface area (Å²) in [4.78, 5) is 12.1. The number of amides is 1. The van der Waals surface area contributed by atoms with E-state index in [9.17, 15) is 4.79 Å². The molecule has 25 heavy (non-hydrogen) atoms. The summed E-state index contributed by atoms with van der Waals surface area (Å²) in [6.07, 6.45) is 0.688. The predicted molar refractivity (Wildman–Crippen MR) is 94.7 cm³/mol. The molecule has 6 nitrogen and oxygen atoms in total. The second-order valence-electron chi connectivity index (χ2n) is 6.35. The first-order valence-electron chi connectivity index (χ1n) is 8.20. The number of hydrogen-bond acceptors (Lipinski definition) is 5. The molecular formula is C19H19N3O3. The summed E-state index contributed by atoms with van der Waals surface area (Å²) in [6.45, 7) is 3.75. The van der Waals surface area contributed by atoms with E-state index in [1.54, 1.807) is 5.01 Å². The molecule has 1 atom stereocenters. The quantitative estimate of drug-likeness (QED) is 0.811. The standard InChI is InChI=1S/C19H19N3O3/c1-11-7-14-8-17-18(25-10-24-17)9-16(14)19(21-22(11)12(2)23)13-3-5-15(20)6-4-13/h3-6,8-9,11H,7,10,20H2,1-2H3/t11-/m0/s1. The minimum Gasteiger partial charge on any atom is -0.454 e. The van der Waals surface area contributed by atoms with E-state index in [0.29, 0.717) is 17.9 Å². The Balaban J connectivity index is 1.92. The summed E-state index contributed by atoms with van der Waals surface area (Å²) >= 11 is 0. The highest BCUT2D eigenvalue weighted by Gasteiger charge is 2.28. The van der Waals surface area contributed by atoms with Gasteiger partial charge in [-0.1, -0.05) is 12.1 Å². The van der Waals surface area contributed by atoms with Gasteiger partial charge in [-0.15, -0.1) is 0 Å². The number of carbonyl (C=O) groups is 1. The molecule has 0 fully saturated rings. The molecular weight excluding hydrogens is 318 g/mol. The van der Waals surface area contributed by atoms with E-state index in [-0.39, 0.29) is 18.7 Å². The van der Waals surface area contributed by atoms with Crippen molar-refractivity contribution in [3.8, 4) is 11.5 Å². The second kappa shape index (κ2) is 5.81. The van der Waals surface area contributed by atoms with Gasteiger partial charge in [0, 0.05) is 23.7 Å². The maximum atomic E-state index is 12.1. The van der Waals surface area contributed by atoms with E-state index in [1.165, 1.54) is 6.92 Å². The van der Waals surface area contributed by atoms with Gasteiger partial charge in [-0.05, 0) is 43.2 Å². The number of anilines is 1. The first kappa shape index (κ1) is 15.5. The Morgan fingerprint density at radius 1 is 1.20 bits per heavy atom. The lowest BCUT2D eigenvalue weighted by Crippen LogP contribution is -2.33. The van der Waals surface area contributed by atoms with Gasteiger partial charge in [0.1, 0.15) is 0 Å². The van der Waals surface area contributed by atoms with Crippen molar-refractivity contribution in [1.82, 2.24) is 5.01 Å². The van der Waals surface area contributed by atoms with Gasteiger partial charge in [0.25, 0.3) is 0 Å². The van der Waals surface area contributed by atoms with Gasteiger partial charge in [-0.2, -0.15) is 5.10 Å². The lowest BCUT2D eigenvalue weighted by atomic mass is 9.94. The van der Waals surface area contributed by atoms with E-state index >= 15 is 0 Å². The van der Waals surface area contributed by atoms with Crippen LogP contribution in [-0.4, -0.2) is 29.5 Å². The number of benzene rings is 2. The smallest absolute Gasteiger partial charge is 0.239 e. The lowest BCUT2D eigenvalue weighted by Gasteiger charge is -2.21. The van der Waals surface area contributed by atoms with E-state index < -0.39 is 0 Å². The van der Waals surface area contributed by atoms with Gasteiger partial charge in [0.2, 0.25) is 12.7 Å². The van der Waals surface area contributed by atoms with Crippen molar-refractivity contribution in [1.29, 1.82) is 0 Å². The molecule has 0 radical (unpaired) electrons. The molecule has 0 bridgehead atoms. The number of nitrogens with two attached hydrogens (primary N) is 1. The number of nitrogens with zero attached hydrogens (tertiary/aromatic N) is 2. The predicted octanol–water partition coefficient (Wildman–Crippen LogP) is 2.54. The highest BCUT2D eigenvalue weighted by atomic mass is 16.7. The van der Waals surface area contributed by atoms with Crippen molar-refractivity contribution in [3.63, 3.8) is 0 Å². The van der Waals surface area contributed by atoms with Gasteiger partial charge >= 0.3 is 0 Å². The third-order valence-electron chi connectivity index (χ3n) is 4.50. The van der Waals surface area contributed by atoms with Crippen molar-refractivity contribution in [2.75, 3.05) is 12.5 Å². The van der Waals surface area contributed by atoms with Crippen LogP contribution in [0.3, 0.4) is 0 Å². The molecule has 0 aromatic heterocycles. The number of fused-ring (bicyclic) bond motifs is 2. The summed E-state index contributed by atoms with van der Waals surface area (Å²) < 4.78 is 11.0. The van der Waals surface area contributed by atoms with Crippen molar-refractivity contribution < 1.29 is 14.3 Å². The Morgan fingerprint density at radius 2 is 1.88 bits per heavy atom. The molecule has 0 spiro atoms. The van der Waals surface area contributed by atoms with Crippen LogP contribution in [0.5, 0.6) is 11.5 Å². The number of hydrazone groups is 1. The SMILES string of the molecule is CC(=O)N1N=C(c2ccc(N)cc2)c2cc3c(cc2C[C@@H]1C)OCO3. The Hall–Kier alpha value is -3.02. The van der Waals surface area contributed by atoms with Crippen LogP contribution >= 0.6 is 0 Å². The monoisotopic (exact) mass is 337 g/mol. The second-order valence-corrected chi connectivity index (χ2v) is 6.35. The molecule has 2 aliphatic heterocycles. The number of ether oxygens (including phenoxy) is 2. The summed E-state index contributed by atoms with van der Waals surface area (Å²) in [5, 5.41) is 6.23. The fourth-order valence-corrected chi connectivity index (χ4v) is 3.27. The number of rotatable bonds is 1. The van der Waals surface area contributed by atoms with Crippen LogP contribution in [0.2, 0.25) is 0 Å². The van der Waals surface area contributed by atoms with Gasteiger partial charge in [0.05, 0.1) is 11.8 Å². The zero-order valence-corrected chi connectivity index (χ0v) is 14.2. The maximum Gasteiger partial charge on any atom is 0.239 e. The molecule has 128 valence electrons. The molecule has 2 N–H and O–H groups in total. The molecule has 2 heterocycles. The van der Waals surface area contributed by atoms with Crippen molar-refractivity contribution in [3.05, 3.63) is 53.1 Å². The molecule has 0 aliphatic carbocycles. The highest BCUT2D eigenvalue weighted by Crippen LogP contribution is 2.37. The van der Waals surface area contributed by atoms with Crippen LogP contribution in [0.15, 0.2) is 41.5 Å². The van der Waals surface area contributed by atoms with Crippen LogP contribution < -0.4 is 15.2 Å². The molecule has 4 rings (SSSR count). The molecule has 0 saturated carbocycles. The Morgan fingerprint density at radius 3 is 2.56 bits per heavy atom. The molecule has 6 heteroatoms. The van der Waals surface area contributed by atoms with Crippen LogP contribution in [0.25, 0.3) is 0 Å². The summed E-state index contributed by atoms with van der Waals surface area (Å²) in [5.41, 5.74) is 10.1. The fraction of sp³-hybridized carbons (Fsp3) is 0.263. The molecule has 2 aromatic carbocycles. The normalized spacial score (nSPS) is 18.4. The van der Waals surface area contributed by atoms with Crippen LogP contribution in [-0.2, 0) is 11.2 Å². The summed E-state index contributed by atoms with van der Waals surface area (Å²) in [6, 6.07) is 11.4. The summed E-state index contributed by atoms with van der Waals surface area (Å²) in [7, 11) is 0. The fourth-order valence-electron chi connectivity index (χ4n) is 3.27. The first-order chi connectivity index (χ1) is 12.0. The van der Waals surface area contributed by atoms with Gasteiger partial charge in [0.15, 0.2) is 11.5 Å².